The van der Waals surface area contributed by atoms with Crippen LogP contribution in [0.25, 0.3) is 5.70 Å². The van der Waals surface area contributed by atoms with Gasteiger partial charge in [0.15, 0.2) is 6.10 Å². The quantitative estimate of drug-likeness (QED) is 0.126. The maximum absolute atomic E-state index is 15.4. The minimum atomic E-state index is -1.28. The van der Waals surface area contributed by atoms with Crippen LogP contribution in [0.3, 0.4) is 0 Å². The molecule has 1 aromatic heterocycles. The second kappa shape index (κ2) is 18.7. The minimum absolute atomic E-state index is 0.125. The number of nitrogens with two attached hydrogens (primary N) is 1. The van der Waals surface area contributed by atoms with E-state index < -0.39 is 103 Å². The average Bonchev–Trinajstić information content (AvgIpc) is 3.63. The van der Waals surface area contributed by atoms with Gasteiger partial charge in [-0.1, -0.05) is 30.3 Å². The van der Waals surface area contributed by atoms with Crippen LogP contribution in [0.5, 0.6) is 0 Å². The van der Waals surface area contributed by atoms with Crippen molar-refractivity contribution in [1.82, 2.24) is 36.5 Å². The first kappa shape index (κ1) is 46.1. The lowest BCUT2D eigenvalue weighted by molar-refractivity contribution is -0.160. The molecule has 0 fully saturated rings. The van der Waals surface area contributed by atoms with E-state index in [0.717, 1.165) is 22.3 Å². The molecule has 20 heteroatoms. The van der Waals surface area contributed by atoms with E-state index in [-0.39, 0.29) is 30.1 Å². The van der Waals surface area contributed by atoms with Gasteiger partial charge in [0, 0.05) is 18.2 Å². The van der Waals surface area contributed by atoms with Crippen LogP contribution in [0.4, 0.5) is 4.39 Å². The highest BCUT2D eigenvalue weighted by molar-refractivity contribution is 5.94. The molecule has 2 aliphatic carbocycles. The van der Waals surface area contributed by atoms with Crippen molar-refractivity contribution in [3.05, 3.63) is 109 Å². The van der Waals surface area contributed by atoms with E-state index in [1.54, 1.807) is 68.7 Å². The number of pyridine rings is 1. The van der Waals surface area contributed by atoms with Crippen molar-refractivity contribution in [1.29, 1.82) is 0 Å². The molecule has 0 saturated carbocycles. The maximum atomic E-state index is 15.4. The van der Waals surface area contributed by atoms with Gasteiger partial charge in [0.25, 0.3) is 5.56 Å². The number of benzene rings is 1. The second-order valence-corrected chi connectivity index (χ2v) is 17.2. The topological polar surface area (TPSA) is 267 Å². The summed E-state index contributed by atoms with van der Waals surface area (Å²) in [5, 5.41) is 16.3. The smallest absolute Gasteiger partial charge is 0.340 e. The summed E-state index contributed by atoms with van der Waals surface area (Å²) in [6.45, 7) is 4.99. The molecule has 5 atom stereocenters. The van der Waals surface area contributed by atoms with Gasteiger partial charge in [-0.15, -0.1) is 0 Å². The molecule has 5 aliphatic rings. The zero-order chi connectivity index (χ0) is 46.9. The molecule has 2 aromatic rings. The third-order valence-electron chi connectivity index (χ3n) is 11.6. The van der Waals surface area contributed by atoms with Gasteiger partial charge in [-0.25, -0.2) is 9.18 Å². The predicted molar refractivity (Wildman–Crippen MR) is 229 cm³/mol. The molecule has 0 spiro atoms. The summed E-state index contributed by atoms with van der Waals surface area (Å²) in [5.41, 5.74) is 10.3. The van der Waals surface area contributed by atoms with E-state index in [1.807, 2.05) is 0 Å². The number of allylic oxidation sites excluding steroid dienone is 2. The highest BCUT2D eigenvalue weighted by atomic mass is 19.1. The zero-order valence-electron chi connectivity index (χ0n) is 36.5. The summed E-state index contributed by atoms with van der Waals surface area (Å²) in [6, 6.07) is 6.15. The third-order valence-corrected chi connectivity index (χ3v) is 11.6. The fourth-order valence-corrected chi connectivity index (χ4v) is 8.61. The standard InChI is InChI=1S/C45H51FN8O11/c1-21-23-11-12-29(37-25-19-54-31(39(25)52-30(36(23)37)14-27(21)46)13-24-26(43(54)61)20-64-44(62)40(24)63-5)51-33(56)18-50-42(60)38(22-9-7-6-8-10-22)53-34(57)17-48-32(55)16-49-41(59)28(47)15-35(58)65-45(2,3)4/h6-10,13-14,28-30,38,40,52H,11-12,15-20,47H2,1-5H3,(H,48,55)(H,49,59)(H,50,60)(H,51,56)(H,53,57)/t28-,29+,30?,38+,40-/m1/s1. The fraction of sp³-hybridized carbons (Fsp3) is 0.422. The molecule has 344 valence electrons. The largest absolute Gasteiger partial charge is 0.460 e. The molecule has 7 rings (SSSR count). The Morgan fingerprint density at radius 3 is 2.35 bits per heavy atom. The van der Waals surface area contributed by atoms with Crippen LogP contribution >= 0.6 is 0 Å². The molecule has 5 amide bonds. The van der Waals surface area contributed by atoms with E-state index in [4.69, 9.17) is 19.9 Å². The SMILES string of the molecule is CO[C@H]1C(=O)OCc2c1cc1n(c2=O)CC2=C1NC1C=C(F)C(C)=C3CC[C@H](NC(=O)CNC(=O)[C@@H](NC(=O)CNC(=O)CNC(=O)[C@H](N)CC(=O)OC(C)(C)C)c4ccccc4)C2=C31. The number of esters is 2. The molecular weight excluding hydrogens is 848 g/mol. The molecule has 1 aromatic carbocycles. The summed E-state index contributed by atoms with van der Waals surface area (Å²) in [7, 11) is 1.35. The highest BCUT2D eigenvalue weighted by Gasteiger charge is 2.44. The molecule has 4 heterocycles. The van der Waals surface area contributed by atoms with Crippen LogP contribution in [0.2, 0.25) is 0 Å². The number of dihydropyridines is 1. The van der Waals surface area contributed by atoms with Crippen molar-refractivity contribution in [3.63, 3.8) is 0 Å². The first-order valence-electron chi connectivity index (χ1n) is 21.1. The van der Waals surface area contributed by atoms with Gasteiger partial charge >= 0.3 is 11.9 Å². The lowest BCUT2D eigenvalue weighted by Crippen LogP contribution is -2.50. The summed E-state index contributed by atoms with van der Waals surface area (Å²) < 4.78 is 32.8. The highest BCUT2D eigenvalue weighted by Crippen LogP contribution is 2.48. The van der Waals surface area contributed by atoms with E-state index in [0.29, 0.717) is 40.9 Å². The Morgan fingerprint density at radius 2 is 1.65 bits per heavy atom. The number of nitrogens with one attached hydrogen (secondary N) is 6. The molecule has 0 radical (unpaired) electrons. The van der Waals surface area contributed by atoms with Gasteiger partial charge < -0.3 is 56.4 Å². The summed E-state index contributed by atoms with van der Waals surface area (Å²) >= 11 is 0. The lowest BCUT2D eigenvalue weighted by Gasteiger charge is -2.41. The Bertz CT molecular complexity index is 2560. The molecule has 0 saturated heterocycles. The van der Waals surface area contributed by atoms with Gasteiger partial charge in [-0.05, 0) is 80.5 Å². The van der Waals surface area contributed by atoms with E-state index in [1.165, 1.54) is 13.2 Å². The third kappa shape index (κ3) is 9.77. The number of aromatic nitrogens is 1. The Hall–Kier alpha value is -6.93. The molecule has 0 bridgehead atoms. The summed E-state index contributed by atoms with van der Waals surface area (Å²) in [6.07, 6.45) is 0.770. The first-order chi connectivity index (χ1) is 30.8. The number of fused-ring (bicyclic) bond motifs is 4. The maximum Gasteiger partial charge on any atom is 0.340 e. The fourth-order valence-electron chi connectivity index (χ4n) is 8.61. The van der Waals surface area contributed by atoms with E-state index in [2.05, 4.69) is 31.9 Å². The number of nitrogens with zero attached hydrogens (tertiary/aromatic N) is 1. The number of methoxy groups -OCH3 is 1. The van der Waals surface area contributed by atoms with Gasteiger partial charge in [0.2, 0.25) is 29.5 Å². The Labute approximate surface area is 372 Å². The van der Waals surface area contributed by atoms with Crippen molar-refractivity contribution >= 4 is 47.2 Å². The molecule has 19 nitrogen and oxygen atoms in total. The van der Waals surface area contributed by atoms with Crippen LogP contribution in [-0.2, 0) is 60.9 Å². The van der Waals surface area contributed by atoms with Crippen LogP contribution < -0.4 is 43.2 Å². The number of carbonyl (C=O) groups excluding carboxylic acids is 7. The molecule has 3 aliphatic heterocycles. The van der Waals surface area contributed by atoms with E-state index >= 15 is 4.39 Å². The summed E-state index contributed by atoms with van der Waals surface area (Å²) in [5.74, 6) is -5.27. The van der Waals surface area contributed by atoms with Gasteiger partial charge in [-0.2, -0.15) is 0 Å². The number of hydrogen-bond donors (Lipinski definition) is 7. The minimum Gasteiger partial charge on any atom is -0.460 e. The van der Waals surface area contributed by atoms with Crippen LogP contribution in [0.15, 0.2) is 81.0 Å². The summed E-state index contributed by atoms with van der Waals surface area (Å²) in [4.78, 5) is 104. The van der Waals surface area contributed by atoms with Crippen molar-refractivity contribution in [3.8, 4) is 0 Å². The second-order valence-electron chi connectivity index (χ2n) is 17.2. The van der Waals surface area contributed by atoms with Gasteiger partial charge in [-0.3, -0.25) is 33.6 Å². The van der Waals surface area contributed by atoms with E-state index in [9.17, 15) is 38.4 Å². The monoisotopic (exact) mass is 898 g/mol. The van der Waals surface area contributed by atoms with Crippen LogP contribution in [0, 0.1) is 0 Å². The number of cyclic esters (lactones) is 1. The predicted octanol–water partition coefficient (Wildman–Crippen LogP) is 0.313. The Balaban J connectivity index is 1.01. The van der Waals surface area contributed by atoms with Crippen LogP contribution in [-0.4, -0.2) is 96.5 Å². The van der Waals surface area contributed by atoms with Crippen molar-refractivity contribution in [2.45, 2.75) is 96.0 Å². The number of halogens is 1. The lowest BCUT2D eigenvalue weighted by atomic mass is 9.72. The zero-order valence-corrected chi connectivity index (χ0v) is 36.5. The first-order valence-corrected chi connectivity index (χ1v) is 21.1. The van der Waals surface area contributed by atoms with Crippen molar-refractivity contribution in [2.75, 3.05) is 26.7 Å². The van der Waals surface area contributed by atoms with Crippen molar-refractivity contribution < 1.29 is 52.2 Å². The molecular formula is C45H51FN8O11. The Kier molecular flexibility index (Phi) is 13.2. The van der Waals surface area contributed by atoms with Crippen molar-refractivity contribution in [2.24, 2.45) is 5.73 Å². The normalized spacial score (nSPS) is 20.3. The average molecular weight is 899 g/mol. The number of ether oxygens (including phenoxy) is 3. The van der Waals surface area contributed by atoms with Gasteiger partial charge in [0.1, 0.15) is 24.1 Å². The Morgan fingerprint density at radius 1 is 0.954 bits per heavy atom. The van der Waals surface area contributed by atoms with Gasteiger partial charge in [0.05, 0.1) is 67.7 Å². The molecule has 65 heavy (non-hydrogen) atoms. The number of hydrogen-bond acceptors (Lipinski definition) is 13. The number of carbonyl (C=O) groups is 7. The van der Waals surface area contributed by atoms with Crippen LogP contribution in [0.1, 0.15) is 81.5 Å². The molecule has 8 N–H and O–H groups in total. The number of rotatable bonds is 14. The number of amides is 5. The molecule has 1 unspecified atom stereocenters.